The fourth-order valence-electron chi connectivity index (χ4n) is 1.63. The van der Waals surface area contributed by atoms with E-state index in [1.807, 2.05) is 36.4 Å². The number of rotatable bonds is 5. The van der Waals surface area contributed by atoms with Crippen LogP contribution >= 0.6 is 0 Å². The molecule has 0 saturated heterocycles. The molecule has 0 aliphatic rings. The first-order valence-corrected chi connectivity index (χ1v) is 6.13. The van der Waals surface area contributed by atoms with Crippen molar-refractivity contribution in [3.63, 3.8) is 0 Å². The van der Waals surface area contributed by atoms with Crippen LogP contribution in [0.25, 0.3) is 17.4 Å². The van der Waals surface area contributed by atoms with Crippen LogP contribution in [-0.2, 0) is 9.53 Å². The molecule has 0 radical (unpaired) electrons. The smallest absolute Gasteiger partial charge is 0.309 e. The van der Waals surface area contributed by atoms with Gasteiger partial charge in [-0.2, -0.15) is 0 Å². The van der Waals surface area contributed by atoms with Crippen molar-refractivity contribution in [3.05, 3.63) is 48.2 Å². The number of ether oxygens (including phenoxy) is 1. The molecule has 0 amide bonds. The fourth-order valence-corrected chi connectivity index (χ4v) is 1.63. The zero-order valence-electron chi connectivity index (χ0n) is 10.7. The number of benzene rings is 1. The van der Waals surface area contributed by atoms with Gasteiger partial charge in [-0.05, 0) is 12.5 Å². The van der Waals surface area contributed by atoms with E-state index in [0.29, 0.717) is 6.61 Å². The number of nitrogens with zero attached hydrogens (tertiary/aromatic N) is 1. The van der Waals surface area contributed by atoms with Crippen LogP contribution in [-0.4, -0.2) is 17.7 Å². The summed E-state index contributed by atoms with van der Waals surface area (Å²) >= 11 is 0. The third kappa shape index (κ3) is 3.81. The highest BCUT2D eigenvalue weighted by molar-refractivity contribution is 5.72. The second-order valence-corrected chi connectivity index (χ2v) is 3.91. The van der Waals surface area contributed by atoms with Crippen LogP contribution in [0.2, 0.25) is 0 Å². The predicted molar refractivity (Wildman–Crippen MR) is 72.2 cm³/mol. The topological polar surface area (TPSA) is 52.3 Å². The predicted octanol–water partition coefficient (Wildman–Crippen LogP) is 3.31. The summed E-state index contributed by atoms with van der Waals surface area (Å²) in [6.07, 6.45) is 5.59. The summed E-state index contributed by atoms with van der Waals surface area (Å²) < 4.78 is 9.91. The molecule has 0 aliphatic carbocycles. The Kier molecular flexibility index (Phi) is 4.50. The Labute approximate surface area is 111 Å². The summed E-state index contributed by atoms with van der Waals surface area (Å²) in [6, 6.07) is 9.62. The largest absolute Gasteiger partial charge is 0.466 e. The van der Waals surface area contributed by atoms with Crippen LogP contribution in [0.1, 0.15) is 18.9 Å². The van der Waals surface area contributed by atoms with Crippen molar-refractivity contribution in [2.24, 2.45) is 0 Å². The van der Waals surface area contributed by atoms with E-state index in [1.54, 1.807) is 19.2 Å². The van der Waals surface area contributed by atoms with E-state index < -0.39 is 0 Å². The first-order chi connectivity index (χ1) is 9.29. The minimum Gasteiger partial charge on any atom is -0.466 e. The monoisotopic (exact) mass is 257 g/mol. The van der Waals surface area contributed by atoms with E-state index in [9.17, 15) is 4.79 Å². The molecule has 2 rings (SSSR count). The molecule has 0 spiro atoms. The lowest BCUT2D eigenvalue weighted by Crippen LogP contribution is -2.01. The second kappa shape index (κ2) is 6.54. The molecule has 0 fully saturated rings. The highest BCUT2D eigenvalue weighted by Crippen LogP contribution is 2.19. The highest BCUT2D eigenvalue weighted by atomic mass is 16.5. The SMILES string of the molecule is CCOC(=O)CC=Cc1ccc(-c2ccno2)cc1. The van der Waals surface area contributed by atoms with Gasteiger partial charge in [-0.1, -0.05) is 41.6 Å². The van der Waals surface area contributed by atoms with Crippen LogP contribution in [0, 0.1) is 0 Å². The number of hydrogen-bond donors (Lipinski definition) is 0. The summed E-state index contributed by atoms with van der Waals surface area (Å²) in [5.41, 5.74) is 1.99. The lowest BCUT2D eigenvalue weighted by Gasteiger charge is -1.98. The lowest BCUT2D eigenvalue weighted by molar-refractivity contribution is -0.142. The Bertz CT molecular complexity index is 541. The molecule has 0 unspecified atom stereocenters. The number of aromatic nitrogens is 1. The van der Waals surface area contributed by atoms with Crippen molar-refractivity contribution in [1.29, 1.82) is 0 Å². The summed E-state index contributed by atoms with van der Waals surface area (Å²) in [6.45, 7) is 2.21. The highest BCUT2D eigenvalue weighted by Gasteiger charge is 2.00. The summed E-state index contributed by atoms with van der Waals surface area (Å²) in [4.78, 5) is 11.1. The van der Waals surface area contributed by atoms with Gasteiger partial charge in [-0.3, -0.25) is 4.79 Å². The maximum absolute atomic E-state index is 11.1. The van der Waals surface area contributed by atoms with Gasteiger partial charge < -0.3 is 9.26 Å². The van der Waals surface area contributed by atoms with Gasteiger partial charge in [0, 0.05) is 11.6 Å². The van der Waals surface area contributed by atoms with Crippen molar-refractivity contribution in [2.75, 3.05) is 6.61 Å². The van der Waals surface area contributed by atoms with Crippen LogP contribution in [0.5, 0.6) is 0 Å². The molecule has 4 heteroatoms. The van der Waals surface area contributed by atoms with Gasteiger partial charge in [-0.25, -0.2) is 0 Å². The maximum atomic E-state index is 11.1. The second-order valence-electron chi connectivity index (χ2n) is 3.91. The summed E-state index contributed by atoms with van der Waals surface area (Å²) in [5, 5.41) is 3.67. The Balaban J connectivity index is 1.95. The molecule has 0 saturated carbocycles. The molecule has 1 heterocycles. The standard InChI is InChI=1S/C15H15NO3/c1-2-18-15(17)5-3-4-12-6-8-13(9-7-12)14-10-11-16-19-14/h3-4,6-11H,2,5H2,1H3. The van der Waals surface area contributed by atoms with E-state index >= 15 is 0 Å². The first-order valence-electron chi connectivity index (χ1n) is 6.13. The van der Waals surface area contributed by atoms with E-state index in [1.165, 1.54) is 0 Å². The molecule has 98 valence electrons. The molecule has 0 bridgehead atoms. The first kappa shape index (κ1) is 13.1. The van der Waals surface area contributed by atoms with E-state index in [-0.39, 0.29) is 12.4 Å². The summed E-state index contributed by atoms with van der Waals surface area (Å²) in [5.74, 6) is 0.527. The zero-order chi connectivity index (χ0) is 13.5. The van der Waals surface area contributed by atoms with Crippen molar-refractivity contribution >= 4 is 12.0 Å². The normalized spacial score (nSPS) is 10.8. The number of carbonyl (C=O) groups excluding carboxylic acids is 1. The van der Waals surface area contributed by atoms with E-state index in [0.717, 1.165) is 16.9 Å². The lowest BCUT2D eigenvalue weighted by atomic mass is 10.1. The van der Waals surface area contributed by atoms with Gasteiger partial charge in [0.25, 0.3) is 0 Å². The Hall–Kier alpha value is -2.36. The van der Waals surface area contributed by atoms with E-state index in [4.69, 9.17) is 9.26 Å². The third-order valence-corrected chi connectivity index (χ3v) is 2.53. The van der Waals surface area contributed by atoms with Gasteiger partial charge in [-0.15, -0.1) is 0 Å². The molecule has 0 N–H and O–H groups in total. The number of esters is 1. The molecule has 1 aromatic heterocycles. The molecular formula is C15H15NO3. The Morgan fingerprint density at radius 3 is 2.74 bits per heavy atom. The van der Waals surface area contributed by atoms with Gasteiger partial charge in [0.15, 0.2) is 5.76 Å². The molecule has 4 nitrogen and oxygen atoms in total. The van der Waals surface area contributed by atoms with Crippen LogP contribution in [0.4, 0.5) is 0 Å². The van der Waals surface area contributed by atoms with Crippen LogP contribution < -0.4 is 0 Å². The minimum absolute atomic E-state index is 0.211. The summed E-state index contributed by atoms with van der Waals surface area (Å²) in [7, 11) is 0. The fraction of sp³-hybridized carbons (Fsp3) is 0.200. The van der Waals surface area contributed by atoms with Gasteiger partial charge in [0.2, 0.25) is 0 Å². The number of carbonyl (C=O) groups is 1. The molecule has 0 aliphatic heterocycles. The minimum atomic E-state index is -0.211. The van der Waals surface area contributed by atoms with Crippen molar-refractivity contribution in [2.45, 2.75) is 13.3 Å². The van der Waals surface area contributed by atoms with E-state index in [2.05, 4.69) is 5.16 Å². The zero-order valence-corrected chi connectivity index (χ0v) is 10.7. The quantitative estimate of drug-likeness (QED) is 0.771. The molecule has 1 aromatic carbocycles. The molecule has 0 atom stereocenters. The van der Waals surface area contributed by atoms with Crippen molar-refractivity contribution in [3.8, 4) is 11.3 Å². The average Bonchev–Trinajstić information content (AvgIpc) is 2.94. The molecule has 2 aromatic rings. The van der Waals surface area contributed by atoms with Gasteiger partial charge in [0.1, 0.15) is 0 Å². The van der Waals surface area contributed by atoms with Crippen LogP contribution in [0.3, 0.4) is 0 Å². The molecular weight excluding hydrogens is 242 g/mol. The third-order valence-electron chi connectivity index (χ3n) is 2.53. The number of hydrogen-bond acceptors (Lipinski definition) is 4. The molecule has 19 heavy (non-hydrogen) atoms. The Morgan fingerprint density at radius 2 is 2.11 bits per heavy atom. The van der Waals surface area contributed by atoms with Crippen molar-refractivity contribution in [1.82, 2.24) is 5.16 Å². The van der Waals surface area contributed by atoms with Crippen molar-refractivity contribution < 1.29 is 14.1 Å². The van der Waals surface area contributed by atoms with Gasteiger partial charge in [0.05, 0.1) is 19.2 Å². The maximum Gasteiger partial charge on any atom is 0.309 e. The van der Waals surface area contributed by atoms with Crippen LogP contribution in [0.15, 0.2) is 47.1 Å². The average molecular weight is 257 g/mol. The van der Waals surface area contributed by atoms with Gasteiger partial charge >= 0.3 is 5.97 Å². The Morgan fingerprint density at radius 1 is 1.32 bits per heavy atom.